The molecule has 0 aliphatic carbocycles. The van der Waals surface area contributed by atoms with Gasteiger partial charge in [-0.25, -0.2) is 0 Å². The summed E-state index contributed by atoms with van der Waals surface area (Å²) in [5, 5.41) is 1.00. The first-order valence-corrected chi connectivity index (χ1v) is 7.69. The van der Waals surface area contributed by atoms with Gasteiger partial charge in [0, 0.05) is 33.7 Å². The summed E-state index contributed by atoms with van der Waals surface area (Å²) < 4.78 is 3.13. The van der Waals surface area contributed by atoms with Crippen LogP contribution in [0, 0.1) is 6.92 Å². The molecule has 0 N–H and O–H groups in total. The smallest absolute Gasteiger partial charge is 0.161 e. The summed E-state index contributed by atoms with van der Waals surface area (Å²) in [4.78, 5) is 11.9. The molecule has 106 valence electrons. The van der Waals surface area contributed by atoms with Crippen LogP contribution >= 0.6 is 15.9 Å². The summed E-state index contributed by atoms with van der Waals surface area (Å²) in [5.74, 6) is 0.0979. The minimum Gasteiger partial charge on any atom is -0.342 e. The summed E-state index contributed by atoms with van der Waals surface area (Å²) in [7, 11) is 0. The minimum absolute atomic E-state index is 0.0979. The molecule has 0 unspecified atom stereocenters. The maximum atomic E-state index is 11.9. The predicted molar refractivity (Wildman–Crippen MR) is 89.9 cm³/mol. The predicted octanol–water partition coefficient (Wildman–Crippen LogP) is 4.96. The minimum atomic E-state index is 0.0979. The van der Waals surface area contributed by atoms with Gasteiger partial charge in [-0.1, -0.05) is 45.8 Å². The van der Waals surface area contributed by atoms with E-state index in [1.165, 1.54) is 11.1 Å². The van der Waals surface area contributed by atoms with Crippen LogP contribution in [-0.4, -0.2) is 10.4 Å². The van der Waals surface area contributed by atoms with Crippen molar-refractivity contribution < 1.29 is 4.79 Å². The lowest BCUT2D eigenvalue weighted by atomic mass is 10.1. The summed E-state index contributed by atoms with van der Waals surface area (Å²) in [6.07, 6.45) is 1.96. The number of ketones is 1. The van der Waals surface area contributed by atoms with Gasteiger partial charge in [-0.05, 0) is 37.6 Å². The van der Waals surface area contributed by atoms with Gasteiger partial charge in [0.25, 0.3) is 0 Å². The molecule has 1 aromatic heterocycles. The Kier molecular flexibility index (Phi) is 3.68. The lowest BCUT2D eigenvalue weighted by Crippen LogP contribution is -1.98. The first kappa shape index (κ1) is 14.1. The number of nitrogens with zero attached hydrogens (tertiary/aromatic N) is 1. The molecule has 0 amide bonds. The average Bonchev–Trinajstić information content (AvgIpc) is 2.79. The molecule has 21 heavy (non-hydrogen) atoms. The van der Waals surface area contributed by atoms with Crippen LogP contribution in [0.25, 0.3) is 10.9 Å². The fraction of sp³-hybridized carbons (Fsp3) is 0.167. The molecule has 3 rings (SSSR count). The topological polar surface area (TPSA) is 22.0 Å². The van der Waals surface area contributed by atoms with Crippen LogP contribution in [0.4, 0.5) is 0 Å². The molecule has 1 heterocycles. The van der Waals surface area contributed by atoms with Gasteiger partial charge in [-0.15, -0.1) is 0 Å². The van der Waals surface area contributed by atoms with Crippen molar-refractivity contribution in [2.75, 3.05) is 0 Å². The quantitative estimate of drug-likeness (QED) is 0.617. The maximum Gasteiger partial charge on any atom is 0.161 e. The molecular weight excluding hydrogens is 326 g/mol. The number of carbonyl (C=O) groups excluding carboxylic acids is 1. The van der Waals surface area contributed by atoms with Crippen LogP contribution in [-0.2, 0) is 6.54 Å². The van der Waals surface area contributed by atoms with Crippen molar-refractivity contribution in [2.24, 2.45) is 0 Å². The van der Waals surface area contributed by atoms with Crippen molar-refractivity contribution in [3.05, 3.63) is 69.8 Å². The first-order valence-electron chi connectivity index (χ1n) is 6.89. The Morgan fingerprint density at radius 3 is 2.52 bits per heavy atom. The molecule has 3 aromatic rings. The van der Waals surface area contributed by atoms with Crippen molar-refractivity contribution in [1.82, 2.24) is 4.57 Å². The standard InChI is InChI=1S/C18H16BrNO/c1-12-3-5-14(6-4-12)10-20-11-17(13(2)21)16-9-15(19)7-8-18(16)20/h3-9,11H,10H2,1-2H3. The number of fused-ring (bicyclic) bond motifs is 1. The van der Waals surface area contributed by atoms with Gasteiger partial charge in [0.2, 0.25) is 0 Å². The molecule has 0 fully saturated rings. The van der Waals surface area contributed by atoms with Gasteiger partial charge in [0.15, 0.2) is 5.78 Å². The van der Waals surface area contributed by atoms with Crippen LogP contribution in [0.1, 0.15) is 28.4 Å². The molecule has 3 heteroatoms. The molecule has 0 aliphatic heterocycles. The number of hydrogen-bond donors (Lipinski definition) is 0. The van der Waals surface area contributed by atoms with E-state index < -0.39 is 0 Å². The Hall–Kier alpha value is -1.87. The third-order valence-corrected chi connectivity index (χ3v) is 4.19. The van der Waals surface area contributed by atoms with E-state index in [4.69, 9.17) is 0 Å². The molecular formula is C18H16BrNO. The van der Waals surface area contributed by atoms with Gasteiger partial charge in [0.1, 0.15) is 0 Å². The molecule has 0 radical (unpaired) electrons. The van der Waals surface area contributed by atoms with E-state index in [-0.39, 0.29) is 5.78 Å². The number of rotatable bonds is 3. The van der Waals surface area contributed by atoms with E-state index in [0.717, 1.165) is 27.5 Å². The van der Waals surface area contributed by atoms with Crippen LogP contribution in [0.5, 0.6) is 0 Å². The molecule has 2 aromatic carbocycles. The van der Waals surface area contributed by atoms with Crippen molar-refractivity contribution in [3.63, 3.8) is 0 Å². The van der Waals surface area contributed by atoms with Gasteiger partial charge in [0.05, 0.1) is 0 Å². The molecule has 0 aliphatic rings. The fourth-order valence-corrected chi connectivity index (χ4v) is 2.93. The van der Waals surface area contributed by atoms with Gasteiger partial charge in [-0.2, -0.15) is 0 Å². The SMILES string of the molecule is CC(=O)c1cn(Cc2ccc(C)cc2)c2ccc(Br)cc12. The molecule has 0 spiro atoms. The second-order valence-electron chi connectivity index (χ2n) is 5.37. The lowest BCUT2D eigenvalue weighted by Gasteiger charge is -2.06. The van der Waals surface area contributed by atoms with E-state index >= 15 is 0 Å². The Morgan fingerprint density at radius 2 is 1.86 bits per heavy atom. The zero-order valence-corrected chi connectivity index (χ0v) is 13.6. The van der Waals surface area contributed by atoms with Crippen LogP contribution < -0.4 is 0 Å². The average molecular weight is 342 g/mol. The molecule has 0 bridgehead atoms. The van der Waals surface area contributed by atoms with Crippen LogP contribution in [0.3, 0.4) is 0 Å². The molecule has 0 saturated carbocycles. The highest BCUT2D eigenvalue weighted by Crippen LogP contribution is 2.26. The number of hydrogen-bond acceptors (Lipinski definition) is 1. The summed E-state index contributed by atoms with van der Waals surface area (Å²) >= 11 is 3.48. The molecule has 0 saturated heterocycles. The highest BCUT2D eigenvalue weighted by atomic mass is 79.9. The maximum absolute atomic E-state index is 11.9. The monoisotopic (exact) mass is 341 g/mol. The largest absolute Gasteiger partial charge is 0.342 e. The number of carbonyl (C=O) groups is 1. The van der Waals surface area contributed by atoms with E-state index in [1.54, 1.807) is 6.92 Å². The van der Waals surface area contributed by atoms with Crippen LogP contribution in [0.15, 0.2) is 53.1 Å². The Labute approximate surface area is 132 Å². The Morgan fingerprint density at radius 1 is 1.14 bits per heavy atom. The Balaban J connectivity index is 2.10. The zero-order chi connectivity index (χ0) is 15.0. The van der Waals surface area contributed by atoms with E-state index in [1.807, 2.05) is 18.3 Å². The summed E-state index contributed by atoms with van der Waals surface area (Å²) in [6.45, 7) is 4.47. The summed E-state index contributed by atoms with van der Waals surface area (Å²) in [5.41, 5.74) is 4.35. The first-order chi connectivity index (χ1) is 10.0. The number of halogens is 1. The highest BCUT2D eigenvalue weighted by Gasteiger charge is 2.12. The third-order valence-electron chi connectivity index (χ3n) is 3.70. The van der Waals surface area contributed by atoms with Crippen molar-refractivity contribution >= 4 is 32.6 Å². The van der Waals surface area contributed by atoms with Gasteiger partial charge < -0.3 is 4.57 Å². The van der Waals surface area contributed by atoms with Crippen molar-refractivity contribution in [3.8, 4) is 0 Å². The second kappa shape index (κ2) is 5.49. The molecule has 2 nitrogen and oxygen atoms in total. The number of aromatic nitrogens is 1. The third kappa shape index (κ3) is 2.79. The lowest BCUT2D eigenvalue weighted by molar-refractivity contribution is 0.101. The fourth-order valence-electron chi connectivity index (χ4n) is 2.57. The van der Waals surface area contributed by atoms with Gasteiger partial charge in [-0.3, -0.25) is 4.79 Å². The van der Waals surface area contributed by atoms with E-state index in [0.29, 0.717) is 0 Å². The number of aryl methyl sites for hydroxylation is 1. The van der Waals surface area contributed by atoms with Crippen molar-refractivity contribution in [1.29, 1.82) is 0 Å². The Bertz CT molecular complexity index is 815. The van der Waals surface area contributed by atoms with E-state index in [9.17, 15) is 4.79 Å². The van der Waals surface area contributed by atoms with E-state index in [2.05, 4.69) is 57.8 Å². The number of Topliss-reactive ketones (excluding diaryl/α,β-unsaturated/α-hetero) is 1. The van der Waals surface area contributed by atoms with Crippen LogP contribution in [0.2, 0.25) is 0 Å². The second-order valence-corrected chi connectivity index (χ2v) is 6.29. The summed E-state index contributed by atoms with van der Waals surface area (Å²) in [6, 6.07) is 14.6. The zero-order valence-electron chi connectivity index (χ0n) is 12.1. The van der Waals surface area contributed by atoms with Crippen molar-refractivity contribution in [2.45, 2.75) is 20.4 Å². The normalized spacial score (nSPS) is 11.0. The van der Waals surface area contributed by atoms with Gasteiger partial charge >= 0.3 is 0 Å². The number of benzene rings is 2. The highest BCUT2D eigenvalue weighted by molar-refractivity contribution is 9.10. The molecule has 0 atom stereocenters.